The van der Waals surface area contributed by atoms with E-state index < -0.39 is 40.9 Å². The first kappa shape index (κ1) is 29.2. The summed E-state index contributed by atoms with van der Waals surface area (Å²) in [6.07, 6.45) is 0. The molecule has 0 bridgehead atoms. The summed E-state index contributed by atoms with van der Waals surface area (Å²) in [5, 5.41) is 6.36. The minimum absolute atomic E-state index is 0.0302. The van der Waals surface area contributed by atoms with Crippen LogP contribution in [0.2, 0.25) is 0 Å². The maximum atomic E-state index is 12.9. The smallest absolute Gasteiger partial charge is 0.329 e. The van der Waals surface area contributed by atoms with Crippen molar-refractivity contribution < 1.29 is 33.4 Å². The Hall–Kier alpha value is -3.05. The average Bonchev–Trinajstić information content (AvgIpc) is 2.86. The fourth-order valence-electron chi connectivity index (χ4n) is 3.30. The fraction of sp³-hybridized carbons (Fsp3) is 0.400. The molecule has 2 aromatic carbocycles. The van der Waals surface area contributed by atoms with Crippen molar-refractivity contribution in [2.24, 2.45) is 0 Å². The number of fused-ring (bicyclic) bond motifs is 1. The summed E-state index contributed by atoms with van der Waals surface area (Å²) in [6.45, 7) is 4.31. The molecule has 2 aromatic rings. The Bertz CT molecular complexity index is 1140. The zero-order valence-corrected chi connectivity index (χ0v) is 22.4. The number of methoxy groups -OCH3 is 2. The number of carbonyl (C=O) groups excluding carboxylic acids is 5. The van der Waals surface area contributed by atoms with Gasteiger partial charge in [0.2, 0.25) is 16.9 Å². The zero-order chi connectivity index (χ0) is 26.8. The number of thioether (sulfide) groups is 2. The number of carbonyl (C=O) groups is 5. The topological polar surface area (TPSA) is 128 Å². The van der Waals surface area contributed by atoms with Crippen LogP contribution in [0.25, 0.3) is 10.8 Å². The van der Waals surface area contributed by atoms with Crippen LogP contribution in [0.1, 0.15) is 32.3 Å². The van der Waals surface area contributed by atoms with Gasteiger partial charge in [-0.3, -0.25) is 19.2 Å². The molecule has 0 radical (unpaired) electrons. The predicted molar refractivity (Wildman–Crippen MR) is 141 cm³/mol. The highest BCUT2D eigenvalue weighted by molar-refractivity contribution is 8.15. The first-order valence-corrected chi connectivity index (χ1v) is 13.1. The van der Waals surface area contributed by atoms with Crippen molar-refractivity contribution in [2.75, 3.05) is 25.7 Å². The minimum atomic E-state index is -1.01. The maximum absolute atomic E-state index is 12.9. The van der Waals surface area contributed by atoms with E-state index in [0.29, 0.717) is 0 Å². The highest BCUT2D eigenvalue weighted by Gasteiger charge is 2.27. The predicted octanol–water partition coefficient (Wildman–Crippen LogP) is 2.65. The number of rotatable bonds is 11. The number of nitrogens with one attached hydrogen (secondary N) is 2. The molecule has 0 aliphatic carbocycles. The van der Waals surface area contributed by atoms with Crippen LogP contribution < -0.4 is 15.4 Å². The summed E-state index contributed by atoms with van der Waals surface area (Å²) in [6, 6.07) is 9.48. The molecule has 2 unspecified atom stereocenters. The van der Waals surface area contributed by atoms with Crippen LogP contribution in [-0.2, 0) is 28.7 Å². The van der Waals surface area contributed by atoms with Gasteiger partial charge in [0.15, 0.2) is 5.12 Å². The van der Waals surface area contributed by atoms with Crippen molar-refractivity contribution in [1.29, 1.82) is 0 Å². The van der Waals surface area contributed by atoms with Gasteiger partial charge < -0.3 is 20.1 Å². The van der Waals surface area contributed by atoms with Gasteiger partial charge in [-0.2, -0.15) is 0 Å². The molecule has 194 valence electrons. The molecule has 0 aliphatic rings. The third-order valence-corrected chi connectivity index (χ3v) is 7.44. The van der Waals surface area contributed by atoms with E-state index in [9.17, 15) is 24.0 Å². The molecule has 9 nitrogen and oxygen atoms in total. The van der Waals surface area contributed by atoms with Crippen molar-refractivity contribution in [2.45, 2.75) is 38.8 Å². The molecule has 11 heteroatoms. The summed E-state index contributed by atoms with van der Waals surface area (Å²) in [4.78, 5) is 60.6. The first-order chi connectivity index (χ1) is 17.0. The normalized spacial score (nSPS) is 13.2. The molecular formula is C25H30N2O7S2. The largest absolute Gasteiger partial charge is 0.497 e. The Morgan fingerprint density at radius 3 is 1.97 bits per heavy atom. The van der Waals surface area contributed by atoms with Crippen molar-refractivity contribution in [1.82, 2.24) is 10.6 Å². The quantitative estimate of drug-likeness (QED) is 0.418. The third-order valence-electron chi connectivity index (χ3n) is 5.23. The van der Waals surface area contributed by atoms with E-state index in [-0.39, 0.29) is 16.6 Å². The number of hydrogen-bond donors (Lipinski definition) is 2. The van der Waals surface area contributed by atoms with Gasteiger partial charge in [-0.15, -0.1) is 0 Å². The van der Waals surface area contributed by atoms with Crippen LogP contribution in [-0.4, -0.2) is 65.8 Å². The van der Waals surface area contributed by atoms with Crippen molar-refractivity contribution in [3.05, 3.63) is 42.0 Å². The first-order valence-electron chi connectivity index (χ1n) is 11.1. The summed E-state index contributed by atoms with van der Waals surface area (Å²) in [5.41, 5.74) is 0.832. The Kier molecular flexibility index (Phi) is 11.3. The van der Waals surface area contributed by atoms with Crippen molar-refractivity contribution in [3.8, 4) is 5.75 Å². The Morgan fingerprint density at radius 1 is 0.806 bits per heavy atom. The molecule has 0 saturated heterocycles. The monoisotopic (exact) mass is 534 g/mol. The van der Waals surface area contributed by atoms with Gasteiger partial charge in [0, 0.05) is 25.4 Å². The second kappa shape index (κ2) is 13.9. The molecule has 36 heavy (non-hydrogen) atoms. The van der Waals surface area contributed by atoms with Crippen LogP contribution >= 0.6 is 23.5 Å². The molecule has 2 amide bonds. The third kappa shape index (κ3) is 8.56. The molecule has 0 aliphatic heterocycles. The molecular weight excluding hydrogens is 504 g/mol. The Morgan fingerprint density at radius 2 is 1.36 bits per heavy atom. The molecule has 0 aromatic heterocycles. The van der Waals surface area contributed by atoms with E-state index in [0.717, 1.165) is 45.6 Å². The molecule has 0 spiro atoms. The van der Waals surface area contributed by atoms with Gasteiger partial charge in [0.25, 0.3) is 0 Å². The summed E-state index contributed by atoms with van der Waals surface area (Å²) in [7, 11) is 2.78. The molecule has 0 saturated carbocycles. The molecule has 2 N–H and O–H groups in total. The van der Waals surface area contributed by atoms with E-state index in [1.807, 2.05) is 36.4 Å². The van der Waals surface area contributed by atoms with Gasteiger partial charge in [0.05, 0.1) is 20.1 Å². The van der Waals surface area contributed by atoms with E-state index in [4.69, 9.17) is 4.74 Å². The lowest BCUT2D eigenvalue weighted by Gasteiger charge is -2.19. The molecule has 0 heterocycles. The van der Waals surface area contributed by atoms with Gasteiger partial charge in [-0.05, 0) is 28.5 Å². The van der Waals surface area contributed by atoms with E-state index in [1.54, 1.807) is 14.0 Å². The molecule has 2 rings (SSSR count). The highest BCUT2D eigenvalue weighted by Crippen LogP contribution is 2.28. The standard InChI is InChI=1S/C25H30N2O7S2/c1-14(17-6-7-19-11-20(33-4)9-8-18(19)10-17)24(31)35-13-22(27-16(3)29)25(32)36-12-21(23(30)34-5)26-15(2)28/h6-11,14,21-22H,12-13H2,1-5H3,(H,26,28)(H,27,29)/t14-,21?,22?/m1/s1. The molecule has 0 fully saturated rings. The number of ether oxygens (including phenoxy) is 2. The summed E-state index contributed by atoms with van der Waals surface area (Å²) < 4.78 is 9.90. The van der Waals surface area contributed by atoms with E-state index in [2.05, 4.69) is 15.4 Å². The summed E-state index contributed by atoms with van der Waals surface area (Å²) in [5.74, 6) is -1.29. The van der Waals surface area contributed by atoms with Gasteiger partial charge >= 0.3 is 5.97 Å². The van der Waals surface area contributed by atoms with Gasteiger partial charge in [-0.1, -0.05) is 54.7 Å². The van der Waals surface area contributed by atoms with Gasteiger partial charge in [0.1, 0.15) is 17.8 Å². The van der Waals surface area contributed by atoms with Crippen molar-refractivity contribution >= 4 is 62.3 Å². The van der Waals surface area contributed by atoms with Crippen LogP contribution in [0.5, 0.6) is 5.75 Å². The second-order valence-electron chi connectivity index (χ2n) is 7.98. The van der Waals surface area contributed by atoms with Gasteiger partial charge in [-0.25, -0.2) is 4.79 Å². The van der Waals surface area contributed by atoms with E-state index >= 15 is 0 Å². The van der Waals surface area contributed by atoms with Crippen LogP contribution in [0, 0.1) is 0 Å². The van der Waals surface area contributed by atoms with Crippen LogP contribution in [0.15, 0.2) is 36.4 Å². The number of benzene rings is 2. The summed E-state index contributed by atoms with van der Waals surface area (Å²) >= 11 is 1.73. The zero-order valence-electron chi connectivity index (χ0n) is 20.8. The SMILES string of the molecule is COC(=O)C(CSC(=O)C(CSC(=O)[C@H](C)c1ccc2cc(OC)ccc2c1)NC(C)=O)NC(C)=O. The van der Waals surface area contributed by atoms with Crippen LogP contribution in [0.4, 0.5) is 0 Å². The van der Waals surface area contributed by atoms with Crippen LogP contribution in [0.3, 0.4) is 0 Å². The Labute approximate surface area is 218 Å². The lowest BCUT2D eigenvalue weighted by atomic mass is 9.99. The Balaban J connectivity index is 2.04. The number of hydrogen-bond acceptors (Lipinski definition) is 9. The van der Waals surface area contributed by atoms with E-state index in [1.165, 1.54) is 21.0 Å². The average molecular weight is 535 g/mol. The molecule has 3 atom stereocenters. The highest BCUT2D eigenvalue weighted by atomic mass is 32.2. The lowest BCUT2D eigenvalue weighted by Crippen LogP contribution is -2.44. The maximum Gasteiger partial charge on any atom is 0.329 e. The second-order valence-corrected chi connectivity index (χ2v) is 10.0. The lowest BCUT2D eigenvalue weighted by molar-refractivity contribution is -0.144. The number of amides is 2. The fourth-order valence-corrected chi connectivity index (χ4v) is 5.25. The van der Waals surface area contributed by atoms with Crippen molar-refractivity contribution in [3.63, 3.8) is 0 Å². The number of esters is 1. The minimum Gasteiger partial charge on any atom is -0.497 e.